The minimum Gasteiger partial charge on any atom is -0.497 e. The maximum absolute atomic E-state index is 6.10. The summed E-state index contributed by atoms with van der Waals surface area (Å²) in [6, 6.07) is 14.9. The molecular weight excluding hydrogens is 412 g/mol. The van der Waals surface area contributed by atoms with Crippen molar-refractivity contribution in [3.63, 3.8) is 0 Å². The maximum atomic E-state index is 6.10. The second kappa shape index (κ2) is 8.49. The Morgan fingerprint density at radius 1 is 0.923 bits per heavy atom. The second-order valence-electron chi connectivity index (χ2n) is 6.85. The normalized spacial score (nSPS) is 16.8. The molecule has 0 aromatic heterocycles. The topological polar surface area (TPSA) is 18.5 Å². The van der Waals surface area contributed by atoms with Gasteiger partial charge in [-0.05, 0) is 85.1 Å². The van der Waals surface area contributed by atoms with E-state index in [2.05, 4.69) is 52.3 Å². The number of rotatable bonds is 4. The van der Waals surface area contributed by atoms with E-state index in [0.29, 0.717) is 6.10 Å². The molecular formula is C22H24BrClO2. The lowest BCUT2D eigenvalue weighted by Gasteiger charge is -2.22. The third kappa shape index (κ3) is 3.94. The molecule has 0 spiro atoms. The van der Waals surface area contributed by atoms with Crippen LogP contribution < -0.4 is 9.47 Å². The Bertz CT molecular complexity index is 792. The van der Waals surface area contributed by atoms with Crippen molar-refractivity contribution in [1.82, 2.24) is 0 Å². The lowest BCUT2D eigenvalue weighted by molar-refractivity contribution is 0.210. The van der Waals surface area contributed by atoms with Crippen LogP contribution in [0, 0.1) is 0 Å². The van der Waals surface area contributed by atoms with Crippen LogP contribution in [0.2, 0.25) is 0 Å². The molecule has 1 fully saturated rings. The van der Waals surface area contributed by atoms with Gasteiger partial charge in [-0.1, -0.05) is 34.1 Å². The number of allylic oxidation sites excluding steroid dienone is 1. The number of ether oxygens (including phenoxy) is 2. The fourth-order valence-corrected chi connectivity index (χ4v) is 4.50. The number of methoxy groups -OCH3 is 1. The first-order valence-corrected chi connectivity index (χ1v) is 9.87. The van der Waals surface area contributed by atoms with E-state index in [1.165, 1.54) is 52.4 Å². The number of hydrogen-bond acceptors (Lipinski definition) is 2. The van der Waals surface area contributed by atoms with E-state index in [9.17, 15) is 0 Å². The van der Waals surface area contributed by atoms with Gasteiger partial charge in [-0.2, -0.15) is 0 Å². The molecule has 0 radical (unpaired) electrons. The Labute approximate surface area is 170 Å². The summed E-state index contributed by atoms with van der Waals surface area (Å²) in [6.45, 7) is 0. The van der Waals surface area contributed by atoms with Crippen molar-refractivity contribution in [3.05, 3.63) is 63.6 Å². The monoisotopic (exact) mass is 434 g/mol. The van der Waals surface area contributed by atoms with E-state index < -0.39 is 0 Å². The predicted octanol–water partition coefficient (Wildman–Crippen LogP) is 6.54. The predicted molar refractivity (Wildman–Crippen MR) is 113 cm³/mol. The van der Waals surface area contributed by atoms with E-state index in [-0.39, 0.29) is 12.4 Å². The van der Waals surface area contributed by atoms with E-state index >= 15 is 0 Å². The number of benzene rings is 2. The molecule has 2 aliphatic carbocycles. The van der Waals surface area contributed by atoms with Crippen molar-refractivity contribution in [2.24, 2.45) is 0 Å². The minimum absolute atomic E-state index is 0. The summed E-state index contributed by atoms with van der Waals surface area (Å²) in [5, 5.41) is 0. The molecule has 0 aliphatic heterocycles. The first-order valence-electron chi connectivity index (χ1n) is 9.07. The minimum atomic E-state index is 0. The summed E-state index contributed by atoms with van der Waals surface area (Å²) < 4.78 is 12.8. The zero-order valence-electron chi connectivity index (χ0n) is 15.0. The van der Waals surface area contributed by atoms with Gasteiger partial charge in [0.2, 0.25) is 0 Å². The van der Waals surface area contributed by atoms with Crippen molar-refractivity contribution >= 4 is 33.9 Å². The number of hydrogen-bond donors (Lipinski definition) is 0. The molecule has 26 heavy (non-hydrogen) atoms. The Morgan fingerprint density at radius 2 is 1.62 bits per heavy atom. The average Bonchev–Trinajstić information content (AvgIpc) is 3.15. The maximum Gasteiger partial charge on any atom is 0.119 e. The Kier molecular flexibility index (Phi) is 6.31. The highest BCUT2D eigenvalue weighted by molar-refractivity contribution is 9.11. The summed E-state index contributed by atoms with van der Waals surface area (Å²) in [5.41, 5.74) is 5.14. The van der Waals surface area contributed by atoms with Crippen molar-refractivity contribution < 1.29 is 9.47 Å². The number of fused-ring (bicyclic) bond motifs is 1. The van der Waals surface area contributed by atoms with Gasteiger partial charge in [0.15, 0.2) is 0 Å². The first kappa shape index (κ1) is 19.3. The zero-order valence-corrected chi connectivity index (χ0v) is 17.4. The lowest BCUT2D eigenvalue weighted by atomic mass is 9.87. The highest BCUT2D eigenvalue weighted by atomic mass is 79.9. The SMILES string of the molecule is COc1ccc2c(c1)C(c1ccc(OC3CCCC3)cc1)=C(Br)CC2.Cl. The molecule has 4 heteroatoms. The van der Waals surface area contributed by atoms with Crippen LogP contribution in [-0.2, 0) is 6.42 Å². The van der Waals surface area contributed by atoms with Gasteiger partial charge in [-0.15, -0.1) is 12.4 Å². The summed E-state index contributed by atoms with van der Waals surface area (Å²) in [4.78, 5) is 0. The van der Waals surface area contributed by atoms with Crippen molar-refractivity contribution in [2.75, 3.05) is 7.11 Å². The third-order valence-electron chi connectivity index (χ3n) is 5.22. The molecule has 4 rings (SSSR count). The van der Waals surface area contributed by atoms with Gasteiger partial charge in [0.1, 0.15) is 11.5 Å². The summed E-state index contributed by atoms with van der Waals surface area (Å²) in [7, 11) is 1.72. The zero-order chi connectivity index (χ0) is 17.2. The summed E-state index contributed by atoms with van der Waals surface area (Å²) >= 11 is 3.80. The molecule has 2 nitrogen and oxygen atoms in total. The van der Waals surface area contributed by atoms with Crippen LogP contribution in [0.4, 0.5) is 0 Å². The van der Waals surface area contributed by atoms with Gasteiger partial charge >= 0.3 is 0 Å². The molecule has 0 amide bonds. The molecule has 1 saturated carbocycles. The largest absolute Gasteiger partial charge is 0.497 e. The van der Waals surface area contributed by atoms with Crippen LogP contribution in [-0.4, -0.2) is 13.2 Å². The highest BCUT2D eigenvalue weighted by Gasteiger charge is 2.20. The van der Waals surface area contributed by atoms with Crippen molar-refractivity contribution in [2.45, 2.75) is 44.6 Å². The Balaban J connectivity index is 0.00000196. The van der Waals surface area contributed by atoms with E-state index in [1.807, 2.05) is 6.07 Å². The summed E-state index contributed by atoms with van der Waals surface area (Å²) in [6.07, 6.45) is 7.46. The molecule has 0 atom stereocenters. The number of halogens is 2. The van der Waals surface area contributed by atoms with Gasteiger partial charge in [-0.3, -0.25) is 0 Å². The quantitative estimate of drug-likeness (QED) is 0.543. The van der Waals surface area contributed by atoms with Gasteiger partial charge in [0, 0.05) is 4.48 Å². The summed E-state index contributed by atoms with van der Waals surface area (Å²) in [5.74, 6) is 1.88. The molecule has 138 valence electrons. The standard InChI is InChI=1S/C22H23BrO2.ClH/c1-24-19-12-6-15-9-13-21(23)22(20(15)14-19)16-7-10-18(11-8-16)25-17-4-2-3-5-17;/h6-8,10-12,14,17H,2-5,9,13H2,1H3;1H. The van der Waals surface area contributed by atoms with Crippen LogP contribution in [0.3, 0.4) is 0 Å². The van der Waals surface area contributed by atoms with Crippen LogP contribution in [0.15, 0.2) is 46.9 Å². The molecule has 0 bridgehead atoms. The van der Waals surface area contributed by atoms with Crippen LogP contribution in [0.5, 0.6) is 11.5 Å². The lowest BCUT2D eigenvalue weighted by Crippen LogP contribution is -2.10. The molecule has 0 saturated heterocycles. The van der Waals surface area contributed by atoms with Crippen LogP contribution in [0.1, 0.15) is 48.8 Å². The molecule has 2 aromatic carbocycles. The van der Waals surface area contributed by atoms with E-state index in [1.54, 1.807) is 7.11 Å². The molecule has 2 aliphatic rings. The fraction of sp³-hybridized carbons (Fsp3) is 0.364. The smallest absolute Gasteiger partial charge is 0.119 e. The average molecular weight is 436 g/mol. The van der Waals surface area contributed by atoms with Crippen LogP contribution in [0.25, 0.3) is 5.57 Å². The van der Waals surface area contributed by atoms with E-state index in [4.69, 9.17) is 9.47 Å². The fourth-order valence-electron chi connectivity index (χ4n) is 3.86. The Morgan fingerprint density at radius 3 is 2.31 bits per heavy atom. The third-order valence-corrected chi connectivity index (χ3v) is 6.01. The van der Waals surface area contributed by atoms with Crippen LogP contribution >= 0.6 is 28.3 Å². The molecule has 0 heterocycles. The Hall–Kier alpha value is -1.45. The molecule has 2 aromatic rings. The van der Waals surface area contributed by atoms with Crippen molar-refractivity contribution in [1.29, 1.82) is 0 Å². The number of aryl methyl sites for hydroxylation is 1. The second-order valence-corrected chi connectivity index (χ2v) is 7.81. The van der Waals surface area contributed by atoms with Crippen molar-refractivity contribution in [3.8, 4) is 11.5 Å². The highest BCUT2D eigenvalue weighted by Crippen LogP contribution is 2.40. The van der Waals surface area contributed by atoms with Gasteiger partial charge in [0.05, 0.1) is 13.2 Å². The molecule has 0 N–H and O–H groups in total. The van der Waals surface area contributed by atoms with Gasteiger partial charge in [-0.25, -0.2) is 0 Å². The molecule has 0 unspecified atom stereocenters. The first-order chi connectivity index (χ1) is 12.2. The van der Waals surface area contributed by atoms with Gasteiger partial charge < -0.3 is 9.47 Å². The van der Waals surface area contributed by atoms with E-state index in [0.717, 1.165) is 24.3 Å². The van der Waals surface area contributed by atoms with Gasteiger partial charge in [0.25, 0.3) is 0 Å².